The zero-order valence-corrected chi connectivity index (χ0v) is 12.7. The number of nitrogens with one attached hydrogen (secondary N) is 2. The van der Waals surface area contributed by atoms with Crippen LogP contribution in [-0.4, -0.2) is 33.3 Å². The Hall–Kier alpha value is -1.76. The van der Waals surface area contributed by atoms with Crippen LogP contribution in [0.4, 0.5) is 11.4 Å². The summed E-state index contributed by atoms with van der Waals surface area (Å²) >= 11 is 0. The lowest BCUT2D eigenvalue weighted by molar-refractivity contribution is -0.141. The summed E-state index contributed by atoms with van der Waals surface area (Å²) in [5.41, 5.74) is 1.21. The van der Waals surface area contributed by atoms with Crippen molar-refractivity contribution in [3.05, 3.63) is 24.3 Å². The SMILES string of the molecule is CCC(Nc1ccc(NS(=O)(=O)CC)cc1)C(=O)OC. The van der Waals surface area contributed by atoms with Crippen LogP contribution in [0.3, 0.4) is 0 Å². The van der Waals surface area contributed by atoms with Gasteiger partial charge in [0.2, 0.25) is 10.0 Å². The summed E-state index contributed by atoms with van der Waals surface area (Å²) in [6.07, 6.45) is 0.594. The van der Waals surface area contributed by atoms with Crippen LogP contribution in [0.1, 0.15) is 20.3 Å². The highest BCUT2D eigenvalue weighted by Gasteiger charge is 2.16. The van der Waals surface area contributed by atoms with Gasteiger partial charge in [-0.25, -0.2) is 13.2 Å². The van der Waals surface area contributed by atoms with E-state index in [1.807, 2.05) is 6.92 Å². The summed E-state index contributed by atoms with van der Waals surface area (Å²) in [5, 5.41) is 3.03. The average Bonchev–Trinajstić information content (AvgIpc) is 2.45. The first kappa shape index (κ1) is 16.3. The third-order valence-corrected chi connectivity index (χ3v) is 4.08. The molecule has 0 saturated heterocycles. The van der Waals surface area contributed by atoms with Gasteiger partial charge in [0.15, 0.2) is 0 Å². The molecule has 0 saturated carbocycles. The molecule has 1 rings (SSSR count). The van der Waals surface area contributed by atoms with E-state index in [0.717, 1.165) is 5.69 Å². The van der Waals surface area contributed by atoms with Gasteiger partial charge >= 0.3 is 5.97 Å². The lowest BCUT2D eigenvalue weighted by atomic mass is 10.2. The van der Waals surface area contributed by atoms with Crippen molar-refractivity contribution in [3.8, 4) is 0 Å². The number of hydrogen-bond donors (Lipinski definition) is 2. The molecule has 0 aromatic heterocycles. The molecule has 112 valence electrons. The number of anilines is 2. The first-order chi connectivity index (χ1) is 9.41. The minimum atomic E-state index is -3.28. The zero-order chi connectivity index (χ0) is 15.2. The monoisotopic (exact) mass is 300 g/mol. The summed E-state index contributed by atoms with van der Waals surface area (Å²) in [6.45, 7) is 3.44. The first-order valence-corrected chi connectivity index (χ1v) is 8.02. The molecule has 2 N–H and O–H groups in total. The lowest BCUT2D eigenvalue weighted by Gasteiger charge is -2.16. The number of carbonyl (C=O) groups is 1. The van der Waals surface area contributed by atoms with Gasteiger partial charge in [-0.2, -0.15) is 0 Å². The van der Waals surface area contributed by atoms with E-state index in [1.54, 1.807) is 31.2 Å². The van der Waals surface area contributed by atoms with E-state index in [9.17, 15) is 13.2 Å². The molecule has 0 aliphatic carbocycles. The van der Waals surface area contributed by atoms with E-state index in [2.05, 4.69) is 14.8 Å². The minimum Gasteiger partial charge on any atom is -0.467 e. The molecule has 0 spiro atoms. The van der Waals surface area contributed by atoms with Crippen molar-refractivity contribution < 1.29 is 17.9 Å². The maximum absolute atomic E-state index is 11.5. The fourth-order valence-electron chi connectivity index (χ4n) is 1.56. The third kappa shape index (κ3) is 4.73. The van der Waals surface area contributed by atoms with Gasteiger partial charge in [-0.05, 0) is 37.6 Å². The van der Waals surface area contributed by atoms with Gasteiger partial charge in [-0.3, -0.25) is 4.72 Å². The largest absolute Gasteiger partial charge is 0.467 e. The Morgan fingerprint density at radius 1 is 1.20 bits per heavy atom. The molecule has 6 nitrogen and oxygen atoms in total. The van der Waals surface area contributed by atoms with Gasteiger partial charge < -0.3 is 10.1 Å². The Kier molecular flexibility index (Phi) is 5.82. The van der Waals surface area contributed by atoms with Crippen LogP contribution in [0.15, 0.2) is 24.3 Å². The molecule has 0 aliphatic heterocycles. The molecule has 0 bridgehead atoms. The molecule has 1 unspecified atom stereocenters. The second-order valence-electron chi connectivity index (χ2n) is 4.21. The molecule has 1 atom stereocenters. The van der Waals surface area contributed by atoms with Crippen LogP contribution in [-0.2, 0) is 19.6 Å². The number of carbonyl (C=O) groups excluding carboxylic acids is 1. The first-order valence-electron chi connectivity index (χ1n) is 6.36. The van der Waals surface area contributed by atoms with Gasteiger partial charge in [0.05, 0.1) is 12.9 Å². The molecule has 0 amide bonds. The maximum Gasteiger partial charge on any atom is 0.328 e. The highest BCUT2D eigenvalue weighted by molar-refractivity contribution is 7.92. The molecule has 20 heavy (non-hydrogen) atoms. The zero-order valence-electron chi connectivity index (χ0n) is 11.8. The number of esters is 1. The Labute approximate surface area is 119 Å². The van der Waals surface area contributed by atoms with Crippen LogP contribution in [0.5, 0.6) is 0 Å². The Bertz CT molecular complexity index is 540. The van der Waals surface area contributed by atoms with Crippen molar-refractivity contribution in [2.45, 2.75) is 26.3 Å². The number of sulfonamides is 1. The van der Waals surface area contributed by atoms with E-state index in [-0.39, 0.29) is 11.7 Å². The quantitative estimate of drug-likeness (QED) is 0.750. The topological polar surface area (TPSA) is 84.5 Å². The Morgan fingerprint density at radius 2 is 1.75 bits per heavy atom. The van der Waals surface area contributed by atoms with Crippen molar-refractivity contribution in [1.29, 1.82) is 0 Å². The van der Waals surface area contributed by atoms with E-state index in [1.165, 1.54) is 7.11 Å². The number of methoxy groups -OCH3 is 1. The number of ether oxygens (including phenoxy) is 1. The number of rotatable bonds is 7. The predicted octanol–water partition coefficient (Wildman–Crippen LogP) is 1.81. The van der Waals surface area contributed by atoms with E-state index < -0.39 is 16.1 Å². The summed E-state index contributed by atoms with van der Waals surface area (Å²) in [7, 11) is -1.93. The fourth-order valence-corrected chi connectivity index (χ4v) is 2.20. The predicted molar refractivity (Wildman–Crippen MR) is 79.2 cm³/mol. The Balaban J connectivity index is 2.74. The molecular formula is C13H20N2O4S. The summed E-state index contributed by atoms with van der Waals surface area (Å²) in [4.78, 5) is 11.5. The second-order valence-corrected chi connectivity index (χ2v) is 6.22. The molecule has 7 heteroatoms. The second kappa shape index (κ2) is 7.14. The van der Waals surface area contributed by atoms with Gasteiger partial charge in [0, 0.05) is 11.4 Å². The van der Waals surface area contributed by atoms with Gasteiger partial charge in [0.1, 0.15) is 6.04 Å². The van der Waals surface area contributed by atoms with Crippen molar-refractivity contribution in [2.75, 3.05) is 22.9 Å². The fraction of sp³-hybridized carbons (Fsp3) is 0.462. The highest BCUT2D eigenvalue weighted by atomic mass is 32.2. The molecule has 0 fully saturated rings. The van der Waals surface area contributed by atoms with Gasteiger partial charge in [-0.15, -0.1) is 0 Å². The third-order valence-electron chi connectivity index (χ3n) is 2.77. The van der Waals surface area contributed by atoms with E-state index in [4.69, 9.17) is 0 Å². The lowest BCUT2D eigenvalue weighted by Crippen LogP contribution is -2.29. The molecule has 1 aromatic carbocycles. The molecule has 0 aliphatic rings. The normalized spacial score (nSPS) is 12.6. The standard InChI is InChI=1S/C13H20N2O4S/c1-4-12(13(16)19-3)14-10-6-8-11(9-7-10)15-20(17,18)5-2/h6-9,12,14-15H,4-5H2,1-3H3. The summed E-state index contributed by atoms with van der Waals surface area (Å²) in [6, 6.07) is 6.27. The average molecular weight is 300 g/mol. The van der Waals surface area contributed by atoms with Crippen LogP contribution in [0.25, 0.3) is 0 Å². The molecule has 1 aromatic rings. The highest BCUT2D eigenvalue weighted by Crippen LogP contribution is 2.16. The molecule has 0 heterocycles. The van der Waals surface area contributed by atoms with Crippen LogP contribution in [0, 0.1) is 0 Å². The van der Waals surface area contributed by atoms with Crippen LogP contribution in [0.2, 0.25) is 0 Å². The van der Waals surface area contributed by atoms with Crippen molar-refractivity contribution in [2.24, 2.45) is 0 Å². The summed E-state index contributed by atoms with van der Waals surface area (Å²) in [5.74, 6) is -0.309. The van der Waals surface area contributed by atoms with E-state index >= 15 is 0 Å². The minimum absolute atomic E-state index is 0.0211. The van der Waals surface area contributed by atoms with Crippen LogP contribution >= 0.6 is 0 Å². The number of hydrogen-bond acceptors (Lipinski definition) is 5. The van der Waals surface area contributed by atoms with Crippen molar-refractivity contribution in [3.63, 3.8) is 0 Å². The summed E-state index contributed by atoms with van der Waals surface area (Å²) < 4.78 is 30.0. The Morgan fingerprint density at radius 3 is 2.20 bits per heavy atom. The maximum atomic E-state index is 11.5. The van der Waals surface area contributed by atoms with Gasteiger partial charge in [0.25, 0.3) is 0 Å². The van der Waals surface area contributed by atoms with Gasteiger partial charge in [-0.1, -0.05) is 6.92 Å². The smallest absolute Gasteiger partial charge is 0.328 e. The number of benzene rings is 1. The van der Waals surface area contributed by atoms with E-state index in [0.29, 0.717) is 12.1 Å². The van der Waals surface area contributed by atoms with Crippen molar-refractivity contribution >= 4 is 27.4 Å². The van der Waals surface area contributed by atoms with Crippen molar-refractivity contribution in [1.82, 2.24) is 0 Å². The molecule has 0 radical (unpaired) electrons. The molecular weight excluding hydrogens is 280 g/mol. The van der Waals surface area contributed by atoms with Crippen LogP contribution < -0.4 is 10.0 Å².